The molecule has 7 heteroatoms. The van der Waals surface area contributed by atoms with Gasteiger partial charge in [-0.25, -0.2) is 4.79 Å². The molecule has 1 aliphatic carbocycles. The standard InChI is InChI=1S/C21H30N4O3/c1-23-18-8-7-17(28-2)13-19(18)25(21(23)27)14-15-3-5-16(6-4-15)20(26)24-11-9-22-10-12-24/h7-8,13,15-16,22H,3-6,9-12,14H2,1-2H3/t15-,16-. The maximum absolute atomic E-state index is 12.8. The first-order valence-electron chi connectivity index (χ1n) is 10.3. The number of piperazine rings is 1. The highest BCUT2D eigenvalue weighted by molar-refractivity contribution is 5.79. The van der Waals surface area contributed by atoms with Crippen LogP contribution in [0.25, 0.3) is 11.0 Å². The normalized spacial score (nSPS) is 23.1. The number of nitrogens with zero attached hydrogens (tertiary/aromatic N) is 3. The molecule has 0 unspecified atom stereocenters. The molecule has 2 fully saturated rings. The van der Waals surface area contributed by atoms with Crippen LogP contribution in [0.2, 0.25) is 0 Å². The molecule has 152 valence electrons. The van der Waals surface area contributed by atoms with Gasteiger partial charge in [-0.05, 0) is 43.7 Å². The molecule has 2 aromatic rings. The Morgan fingerprint density at radius 2 is 1.86 bits per heavy atom. The summed E-state index contributed by atoms with van der Waals surface area (Å²) >= 11 is 0. The van der Waals surface area contributed by atoms with Crippen molar-refractivity contribution in [3.63, 3.8) is 0 Å². The number of methoxy groups -OCH3 is 1. The third-order valence-electron chi connectivity index (χ3n) is 6.42. The van der Waals surface area contributed by atoms with E-state index in [4.69, 9.17) is 4.74 Å². The molecule has 1 aromatic heterocycles. The van der Waals surface area contributed by atoms with Gasteiger partial charge in [-0.15, -0.1) is 0 Å². The fraction of sp³-hybridized carbons (Fsp3) is 0.619. The lowest BCUT2D eigenvalue weighted by Crippen LogP contribution is -2.49. The fourth-order valence-electron chi connectivity index (χ4n) is 4.69. The Morgan fingerprint density at radius 3 is 2.54 bits per heavy atom. The number of aryl methyl sites for hydroxylation is 1. The van der Waals surface area contributed by atoms with E-state index in [0.29, 0.717) is 18.4 Å². The number of carbonyl (C=O) groups excluding carboxylic acids is 1. The van der Waals surface area contributed by atoms with Crippen molar-refractivity contribution in [2.45, 2.75) is 32.2 Å². The lowest BCUT2D eigenvalue weighted by atomic mass is 9.81. The maximum Gasteiger partial charge on any atom is 0.328 e. The zero-order chi connectivity index (χ0) is 19.7. The van der Waals surface area contributed by atoms with Gasteiger partial charge < -0.3 is 15.0 Å². The SMILES string of the molecule is COc1ccc2c(c1)n(C[C@H]1CC[C@H](C(=O)N3CCNCC3)CC1)c(=O)n2C. The summed E-state index contributed by atoms with van der Waals surface area (Å²) in [6.45, 7) is 4.15. The molecule has 1 aromatic carbocycles. The van der Waals surface area contributed by atoms with Crippen LogP contribution in [0, 0.1) is 11.8 Å². The highest BCUT2D eigenvalue weighted by atomic mass is 16.5. The maximum atomic E-state index is 12.8. The molecule has 1 aliphatic heterocycles. The molecule has 2 heterocycles. The molecule has 7 nitrogen and oxygen atoms in total. The number of amides is 1. The molecular weight excluding hydrogens is 356 g/mol. The fourth-order valence-corrected chi connectivity index (χ4v) is 4.69. The minimum Gasteiger partial charge on any atom is -0.497 e. The molecule has 0 atom stereocenters. The first-order chi connectivity index (χ1) is 13.6. The van der Waals surface area contributed by atoms with E-state index in [1.54, 1.807) is 11.7 Å². The van der Waals surface area contributed by atoms with Crippen molar-refractivity contribution in [1.82, 2.24) is 19.4 Å². The van der Waals surface area contributed by atoms with Crippen LogP contribution < -0.4 is 15.7 Å². The number of nitrogens with one attached hydrogen (secondary N) is 1. The number of benzene rings is 1. The molecule has 1 saturated heterocycles. The molecule has 0 spiro atoms. The summed E-state index contributed by atoms with van der Waals surface area (Å²) in [5.74, 6) is 1.67. The second-order valence-corrected chi connectivity index (χ2v) is 8.10. The van der Waals surface area contributed by atoms with Gasteiger partial charge in [-0.3, -0.25) is 13.9 Å². The molecule has 4 rings (SSSR count). The van der Waals surface area contributed by atoms with Gasteiger partial charge >= 0.3 is 5.69 Å². The monoisotopic (exact) mass is 386 g/mol. The summed E-state index contributed by atoms with van der Waals surface area (Å²) in [5.41, 5.74) is 1.86. The number of carbonyl (C=O) groups is 1. The molecule has 28 heavy (non-hydrogen) atoms. The van der Waals surface area contributed by atoms with Crippen molar-refractivity contribution in [2.75, 3.05) is 33.3 Å². The van der Waals surface area contributed by atoms with Gasteiger partial charge in [0, 0.05) is 51.8 Å². The number of fused-ring (bicyclic) bond motifs is 1. The van der Waals surface area contributed by atoms with Gasteiger partial charge in [-0.1, -0.05) is 0 Å². The summed E-state index contributed by atoms with van der Waals surface area (Å²) in [7, 11) is 3.46. The lowest BCUT2D eigenvalue weighted by Gasteiger charge is -2.34. The Morgan fingerprint density at radius 1 is 1.14 bits per heavy atom. The van der Waals surface area contributed by atoms with E-state index < -0.39 is 0 Å². The van der Waals surface area contributed by atoms with Crippen LogP contribution in [0.15, 0.2) is 23.0 Å². The highest BCUT2D eigenvalue weighted by Gasteiger charge is 2.30. The Kier molecular flexibility index (Phi) is 5.44. The smallest absolute Gasteiger partial charge is 0.328 e. The number of hydrogen-bond donors (Lipinski definition) is 1. The third kappa shape index (κ3) is 3.55. The zero-order valence-corrected chi connectivity index (χ0v) is 16.8. The summed E-state index contributed by atoms with van der Waals surface area (Å²) in [5, 5.41) is 3.30. The molecule has 1 amide bonds. The number of imidazole rings is 1. The van der Waals surface area contributed by atoms with Crippen LogP contribution >= 0.6 is 0 Å². The Bertz CT molecular complexity index is 902. The number of rotatable bonds is 4. The first-order valence-corrected chi connectivity index (χ1v) is 10.3. The third-order valence-corrected chi connectivity index (χ3v) is 6.42. The van der Waals surface area contributed by atoms with Crippen molar-refractivity contribution >= 4 is 16.9 Å². The van der Waals surface area contributed by atoms with Gasteiger partial charge in [-0.2, -0.15) is 0 Å². The molecular formula is C21H30N4O3. The molecule has 0 radical (unpaired) electrons. The van der Waals surface area contributed by atoms with Crippen molar-refractivity contribution in [3.05, 3.63) is 28.7 Å². The molecule has 0 bridgehead atoms. The molecule has 1 N–H and O–H groups in total. The van der Waals surface area contributed by atoms with Crippen LogP contribution in [0.5, 0.6) is 5.75 Å². The van der Waals surface area contributed by atoms with Crippen LogP contribution in [0.4, 0.5) is 0 Å². The minimum absolute atomic E-state index is 0.0160. The van der Waals surface area contributed by atoms with Crippen LogP contribution in [-0.4, -0.2) is 53.2 Å². The van der Waals surface area contributed by atoms with E-state index in [-0.39, 0.29) is 11.6 Å². The highest BCUT2D eigenvalue weighted by Crippen LogP contribution is 2.32. The second-order valence-electron chi connectivity index (χ2n) is 8.10. The van der Waals surface area contributed by atoms with Gasteiger partial charge in [0.15, 0.2) is 0 Å². The topological polar surface area (TPSA) is 68.5 Å². The van der Waals surface area contributed by atoms with Crippen molar-refractivity contribution < 1.29 is 9.53 Å². The van der Waals surface area contributed by atoms with Crippen molar-refractivity contribution in [3.8, 4) is 5.75 Å². The zero-order valence-electron chi connectivity index (χ0n) is 16.8. The van der Waals surface area contributed by atoms with E-state index in [0.717, 1.165) is 68.6 Å². The van der Waals surface area contributed by atoms with Crippen molar-refractivity contribution in [1.29, 1.82) is 0 Å². The van der Waals surface area contributed by atoms with Gasteiger partial charge in [0.1, 0.15) is 5.75 Å². The number of aromatic nitrogens is 2. The quantitative estimate of drug-likeness (QED) is 0.866. The summed E-state index contributed by atoms with van der Waals surface area (Å²) in [4.78, 5) is 27.5. The van der Waals surface area contributed by atoms with Crippen molar-refractivity contribution in [2.24, 2.45) is 18.9 Å². The van der Waals surface area contributed by atoms with E-state index in [9.17, 15) is 9.59 Å². The lowest BCUT2D eigenvalue weighted by molar-refractivity contribution is -0.137. The van der Waals surface area contributed by atoms with E-state index in [1.807, 2.05) is 34.7 Å². The number of hydrogen-bond acceptors (Lipinski definition) is 4. The average Bonchev–Trinajstić information content (AvgIpc) is 2.98. The molecule has 1 saturated carbocycles. The number of ether oxygens (including phenoxy) is 1. The summed E-state index contributed by atoms with van der Waals surface area (Å²) in [6, 6.07) is 5.77. The van der Waals surface area contributed by atoms with Crippen LogP contribution in [0.1, 0.15) is 25.7 Å². The minimum atomic E-state index is 0.0160. The van der Waals surface area contributed by atoms with Gasteiger partial charge in [0.05, 0.1) is 18.1 Å². The molecule has 2 aliphatic rings. The van der Waals surface area contributed by atoms with Gasteiger partial charge in [0.25, 0.3) is 0 Å². The van der Waals surface area contributed by atoms with Gasteiger partial charge in [0.2, 0.25) is 5.91 Å². The van der Waals surface area contributed by atoms with E-state index >= 15 is 0 Å². The first kappa shape index (κ1) is 19.1. The van der Waals surface area contributed by atoms with Crippen LogP contribution in [0.3, 0.4) is 0 Å². The predicted octanol–water partition coefficient (Wildman–Crippen LogP) is 1.59. The van der Waals surface area contributed by atoms with E-state index in [1.165, 1.54) is 0 Å². The Labute approximate surface area is 165 Å². The predicted molar refractivity (Wildman–Crippen MR) is 109 cm³/mol. The Balaban J connectivity index is 1.44. The summed E-state index contributed by atoms with van der Waals surface area (Å²) < 4.78 is 8.92. The van der Waals surface area contributed by atoms with Crippen LogP contribution in [-0.2, 0) is 18.4 Å². The Hall–Kier alpha value is -2.28. The summed E-state index contributed by atoms with van der Waals surface area (Å²) in [6.07, 6.45) is 3.84. The second kappa shape index (κ2) is 7.99. The largest absolute Gasteiger partial charge is 0.497 e. The average molecular weight is 386 g/mol. The van der Waals surface area contributed by atoms with E-state index in [2.05, 4.69) is 5.32 Å².